The molecule has 6 heteroatoms. The average Bonchev–Trinajstić information content (AvgIpc) is 2.74. The lowest BCUT2D eigenvalue weighted by molar-refractivity contribution is 0.0919. The largest absolute Gasteiger partial charge is 0.496 e. The molecule has 2 N–H and O–H groups in total. The number of ether oxygens (including phenoxy) is 1. The SMILES string of the molecule is CCc1ccc(NC(=S)N2CCC(NC(=O)c3ccccc3OC)CC2)cc1. The highest BCUT2D eigenvalue weighted by Crippen LogP contribution is 2.19. The molecule has 3 rings (SSSR count). The van der Waals surface area contributed by atoms with Crippen molar-refractivity contribution in [3.63, 3.8) is 0 Å². The van der Waals surface area contributed by atoms with E-state index in [1.54, 1.807) is 19.2 Å². The van der Waals surface area contributed by atoms with Crippen molar-refractivity contribution in [2.45, 2.75) is 32.2 Å². The van der Waals surface area contributed by atoms with E-state index in [1.165, 1.54) is 5.56 Å². The molecule has 148 valence electrons. The predicted octanol–water partition coefficient (Wildman–Crippen LogP) is 3.85. The van der Waals surface area contributed by atoms with Gasteiger partial charge in [-0.1, -0.05) is 31.2 Å². The second-order valence-electron chi connectivity index (χ2n) is 6.92. The lowest BCUT2D eigenvalue weighted by Crippen LogP contribution is -2.47. The van der Waals surface area contributed by atoms with Crippen molar-refractivity contribution in [2.75, 3.05) is 25.5 Å². The molecule has 0 saturated carbocycles. The summed E-state index contributed by atoms with van der Waals surface area (Å²) < 4.78 is 5.28. The molecule has 0 aliphatic carbocycles. The van der Waals surface area contributed by atoms with E-state index in [0.717, 1.165) is 43.2 Å². The number of thiocarbonyl (C=S) groups is 1. The molecular weight excluding hydrogens is 370 g/mol. The van der Waals surface area contributed by atoms with Gasteiger partial charge in [0.1, 0.15) is 5.75 Å². The number of carbonyl (C=O) groups excluding carboxylic acids is 1. The third kappa shape index (κ3) is 5.01. The number of methoxy groups -OCH3 is 1. The van der Waals surface area contributed by atoms with Gasteiger partial charge in [-0.05, 0) is 61.3 Å². The summed E-state index contributed by atoms with van der Waals surface area (Å²) >= 11 is 5.56. The minimum Gasteiger partial charge on any atom is -0.496 e. The number of piperidine rings is 1. The molecule has 1 saturated heterocycles. The predicted molar refractivity (Wildman–Crippen MR) is 117 cm³/mol. The molecule has 0 unspecified atom stereocenters. The van der Waals surface area contributed by atoms with E-state index < -0.39 is 0 Å². The number of rotatable bonds is 5. The van der Waals surface area contributed by atoms with Gasteiger partial charge in [0.25, 0.3) is 5.91 Å². The highest BCUT2D eigenvalue weighted by atomic mass is 32.1. The third-order valence-corrected chi connectivity index (χ3v) is 5.44. The van der Waals surface area contributed by atoms with E-state index in [9.17, 15) is 4.79 Å². The minimum atomic E-state index is -0.0902. The van der Waals surface area contributed by atoms with E-state index in [1.807, 2.05) is 12.1 Å². The summed E-state index contributed by atoms with van der Waals surface area (Å²) in [5.41, 5.74) is 2.89. The maximum Gasteiger partial charge on any atom is 0.255 e. The van der Waals surface area contributed by atoms with Crippen molar-refractivity contribution < 1.29 is 9.53 Å². The lowest BCUT2D eigenvalue weighted by atomic mass is 10.0. The summed E-state index contributed by atoms with van der Waals surface area (Å²) in [6.45, 7) is 3.77. The Labute approximate surface area is 172 Å². The molecule has 0 atom stereocenters. The van der Waals surface area contributed by atoms with Crippen LogP contribution in [-0.4, -0.2) is 42.2 Å². The maximum atomic E-state index is 12.6. The first kappa shape index (κ1) is 20.1. The van der Waals surface area contributed by atoms with E-state index >= 15 is 0 Å². The number of nitrogens with one attached hydrogen (secondary N) is 2. The van der Waals surface area contributed by atoms with Crippen LogP contribution >= 0.6 is 12.2 Å². The van der Waals surface area contributed by atoms with Crippen molar-refractivity contribution in [1.82, 2.24) is 10.2 Å². The number of carbonyl (C=O) groups is 1. The van der Waals surface area contributed by atoms with E-state index in [-0.39, 0.29) is 11.9 Å². The molecule has 1 amide bonds. The van der Waals surface area contributed by atoms with Crippen molar-refractivity contribution in [2.24, 2.45) is 0 Å². The molecule has 5 nitrogen and oxygen atoms in total. The fourth-order valence-electron chi connectivity index (χ4n) is 3.35. The van der Waals surface area contributed by atoms with Crippen molar-refractivity contribution in [3.8, 4) is 5.75 Å². The van der Waals surface area contributed by atoms with Gasteiger partial charge in [0.15, 0.2) is 5.11 Å². The van der Waals surface area contributed by atoms with Crippen LogP contribution in [-0.2, 0) is 6.42 Å². The van der Waals surface area contributed by atoms with Gasteiger partial charge in [-0.2, -0.15) is 0 Å². The summed E-state index contributed by atoms with van der Waals surface area (Å²) in [5.74, 6) is 0.504. The van der Waals surface area contributed by atoms with Gasteiger partial charge in [-0.25, -0.2) is 0 Å². The normalized spacial score (nSPS) is 14.4. The molecule has 2 aromatic rings. The molecule has 0 radical (unpaired) electrons. The Kier molecular flexibility index (Phi) is 6.87. The Morgan fingerprint density at radius 3 is 2.46 bits per heavy atom. The number of para-hydroxylation sites is 1. The van der Waals surface area contributed by atoms with E-state index in [4.69, 9.17) is 17.0 Å². The molecule has 0 spiro atoms. The van der Waals surface area contributed by atoms with Gasteiger partial charge in [-0.3, -0.25) is 4.79 Å². The second kappa shape index (κ2) is 9.55. The number of nitrogens with zero attached hydrogens (tertiary/aromatic N) is 1. The standard InChI is InChI=1S/C22H27N3O2S/c1-3-16-8-10-17(11-9-16)24-22(28)25-14-12-18(13-15-25)23-21(26)19-6-4-5-7-20(19)27-2/h4-11,18H,3,12-15H2,1-2H3,(H,23,26)(H,24,28). The Balaban J connectivity index is 1.49. The summed E-state index contributed by atoms with van der Waals surface area (Å²) in [7, 11) is 1.58. The van der Waals surface area contributed by atoms with E-state index in [0.29, 0.717) is 11.3 Å². The van der Waals surface area contributed by atoms with Crippen molar-refractivity contribution in [1.29, 1.82) is 0 Å². The van der Waals surface area contributed by atoms with Crippen LogP contribution < -0.4 is 15.4 Å². The molecular formula is C22H27N3O2S. The molecule has 2 aromatic carbocycles. The Bertz CT molecular complexity index is 815. The fraction of sp³-hybridized carbons (Fsp3) is 0.364. The smallest absolute Gasteiger partial charge is 0.255 e. The molecule has 1 heterocycles. The summed E-state index contributed by atoms with van der Waals surface area (Å²) in [6.07, 6.45) is 2.74. The zero-order chi connectivity index (χ0) is 19.9. The summed E-state index contributed by atoms with van der Waals surface area (Å²) in [4.78, 5) is 14.7. The van der Waals surface area contributed by atoms with Crippen molar-refractivity contribution in [3.05, 3.63) is 59.7 Å². The van der Waals surface area contributed by atoms with Crippen LogP contribution in [0.5, 0.6) is 5.75 Å². The van der Waals surface area contributed by atoms with Crippen LogP contribution in [0.25, 0.3) is 0 Å². The number of likely N-dealkylation sites (tertiary alicyclic amines) is 1. The topological polar surface area (TPSA) is 53.6 Å². The quantitative estimate of drug-likeness (QED) is 0.751. The summed E-state index contributed by atoms with van der Waals surface area (Å²) in [5, 5.41) is 7.17. The monoisotopic (exact) mass is 397 g/mol. The van der Waals surface area contributed by atoms with Crippen LogP contribution in [0.3, 0.4) is 0 Å². The average molecular weight is 398 g/mol. The third-order valence-electron chi connectivity index (χ3n) is 5.08. The number of amides is 1. The highest BCUT2D eigenvalue weighted by molar-refractivity contribution is 7.80. The van der Waals surface area contributed by atoms with Crippen LogP contribution in [0.15, 0.2) is 48.5 Å². The molecule has 1 aliphatic heterocycles. The number of aryl methyl sites for hydroxylation is 1. The van der Waals surface area contributed by atoms with Crippen LogP contribution in [0.1, 0.15) is 35.7 Å². The Morgan fingerprint density at radius 1 is 1.14 bits per heavy atom. The molecule has 1 fully saturated rings. The van der Waals surface area contributed by atoms with Gasteiger partial charge in [0.2, 0.25) is 0 Å². The van der Waals surface area contributed by atoms with Crippen LogP contribution in [0.4, 0.5) is 5.69 Å². The molecule has 28 heavy (non-hydrogen) atoms. The van der Waals surface area contributed by atoms with Crippen molar-refractivity contribution >= 4 is 28.9 Å². The van der Waals surface area contributed by atoms with Gasteiger partial charge in [0.05, 0.1) is 12.7 Å². The van der Waals surface area contributed by atoms with Crippen LogP contribution in [0.2, 0.25) is 0 Å². The summed E-state index contributed by atoms with van der Waals surface area (Å²) in [6, 6.07) is 15.8. The Hall–Kier alpha value is -2.60. The number of hydrogen-bond donors (Lipinski definition) is 2. The van der Waals surface area contributed by atoms with Crippen LogP contribution in [0, 0.1) is 0 Å². The number of benzene rings is 2. The van der Waals surface area contributed by atoms with Gasteiger partial charge >= 0.3 is 0 Å². The maximum absolute atomic E-state index is 12.6. The molecule has 0 aromatic heterocycles. The first-order chi connectivity index (χ1) is 13.6. The lowest BCUT2D eigenvalue weighted by Gasteiger charge is -2.34. The zero-order valence-corrected chi connectivity index (χ0v) is 17.2. The fourth-order valence-corrected chi connectivity index (χ4v) is 3.65. The Morgan fingerprint density at radius 2 is 1.82 bits per heavy atom. The van der Waals surface area contributed by atoms with Gasteiger partial charge in [0, 0.05) is 24.8 Å². The van der Waals surface area contributed by atoms with Gasteiger partial charge in [-0.15, -0.1) is 0 Å². The minimum absolute atomic E-state index is 0.0902. The first-order valence-electron chi connectivity index (χ1n) is 9.69. The van der Waals surface area contributed by atoms with Gasteiger partial charge < -0.3 is 20.3 Å². The number of anilines is 1. The highest BCUT2D eigenvalue weighted by Gasteiger charge is 2.23. The second-order valence-corrected chi connectivity index (χ2v) is 7.30. The van der Waals surface area contributed by atoms with E-state index in [2.05, 4.69) is 46.7 Å². The molecule has 0 bridgehead atoms. The first-order valence-corrected chi connectivity index (χ1v) is 10.1. The molecule has 1 aliphatic rings. The number of hydrogen-bond acceptors (Lipinski definition) is 3. The zero-order valence-electron chi connectivity index (χ0n) is 16.4.